The third kappa shape index (κ3) is 2.13. The minimum absolute atomic E-state index is 0.0325. The molecule has 14 heavy (non-hydrogen) atoms. The molecule has 4 heteroatoms. The average Bonchev–Trinajstić information content (AvgIpc) is 2.18. The van der Waals surface area contributed by atoms with Gasteiger partial charge in [0, 0.05) is 12.6 Å². The van der Waals surface area contributed by atoms with Crippen molar-refractivity contribution in [3.8, 4) is 0 Å². The molecular formula is C10H13NO2S. The zero-order valence-electron chi connectivity index (χ0n) is 7.81. The Morgan fingerprint density at radius 1 is 1.21 bits per heavy atom. The Morgan fingerprint density at radius 3 is 2.57 bits per heavy atom. The molecule has 1 N–H and O–H groups in total. The largest absolute Gasteiger partial charge is 0.308 e. The molecule has 0 aromatic heterocycles. The van der Waals surface area contributed by atoms with Gasteiger partial charge in [0.15, 0.2) is 9.84 Å². The Labute approximate surface area is 84.1 Å². The number of hydrogen-bond donors (Lipinski definition) is 1. The second-order valence-corrected chi connectivity index (χ2v) is 5.76. The van der Waals surface area contributed by atoms with Crippen molar-refractivity contribution in [2.45, 2.75) is 6.04 Å². The van der Waals surface area contributed by atoms with Gasteiger partial charge in [-0.15, -0.1) is 0 Å². The summed E-state index contributed by atoms with van der Waals surface area (Å²) in [5, 5.41) is 3.21. The topological polar surface area (TPSA) is 46.2 Å². The Morgan fingerprint density at radius 2 is 1.93 bits per heavy atom. The van der Waals surface area contributed by atoms with Gasteiger partial charge < -0.3 is 5.32 Å². The van der Waals surface area contributed by atoms with Crippen molar-refractivity contribution in [3.05, 3.63) is 35.9 Å². The lowest BCUT2D eigenvalue weighted by molar-refractivity contribution is 0.531. The lowest BCUT2D eigenvalue weighted by atomic mass is 10.1. The highest BCUT2D eigenvalue weighted by Gasteiger charge is 2.24. The monoisotopic (exact) mass is 211 g/mol. The number of nitrogens with one attached hydrogen (secondary N) is 1. The van der Waals surface area contributed by atoms with Crippen LogP contribution in [0.3, 0.4) is 0 Å². The summed E-state index contributed by atoms with van der Waals surface area (Å²) < 4.78 is 22.8. The van der Waals surface area contributed by atoms with E-state index in [9.17, 15) is 8.42 Å². The van der Waals surface area contributed by atoms with E-state index in [-0.39, 0.29) is 17.5 Å². The van der Waals surface area contributed by atoms with Crippen molar-refractivity contribution in [3.63, 3.8) is 0 Å². The van der Waals surface area contributed by atoms with Crippen LogP contribution in [0.1, 0.15) is 11.6 Å². The summed E-state index contributed by atoms with van der Waals surface area (Å²) in [7, 11) is -2.84. The van der Waals surface area contributed by atoms with E-state index in [1.54, 1.807) is 0 Å². The maximum absolute atomic E-state index is 11.4. The van der Waals surface area contributed by atoms with Crippen LogP contribution in [-0.2, 0) is 9.84 Å². The molecule has 0 spiro atoms. The van der Waals surface area contributed by atoms with Crippen LogP contribution in [0.2, 0.25) is 0 Å². The van der Waals surface area contributed by atoms with Crippen molar-refractivity contribution in [1.29, 1.82) is 0 Å². The molecule has 2 rings (SSSR count). The summed E-state index contributed by atoms with van der Waals surface area (Å²) in [6.07, 6.45) is 0. The Balaban J connectivity index is 2.21. The van der Waals surface area contributed by atoms with Crippen molar-refractivity contribution in [2.75, 3.05) is 18.1 Å². The van der Waals surface area contributed by atoms with E-state index in [1.807, 2.05) is 30.3 Å². The SMILES string of the molecule is O=S1(=O)CCNC(c2ccccc2)C1. The molecule has 0 saturated carbocycles. The zero-order chi connectivity index (χ0) is 10.0. The second kappa shape index (κ2) is 3.71. The fourth-order valence-electron chi connectivity index (χ4n) is 1.68. The first-order valence-electron chi connectivity index (χ1n) is 4.66. The van der Waals surface area contributed by atoms with E-state index in [2.05, 4.69) is 5.32 Å². The summed E-state index contributed by atoms with van der Waals surface area (Å²) in [6, 6.07) is 9.67. The van der Waals surface area contributed by atoms with Gasteiger partial charge in [-0.1, -0.05) is 30.3 Å². The van der Waals surface area contributed by atoms with Gasteiger partial charge in [-0.3, -0.25) is 0 Å². The van der Waals surface area contributed by atoms with Crippen LogP contribution in [0.5, 0.6) is 0 Å². The fraction of sp³-hybridized carbons (Fsp3) is 0.400. The molecule has 76 valence electrons. The van der Waals surface area contributed by atoms with Gasteiger partial charge in [-0.05, 0) is 5.56 Å². The predicted molar refractivity (Wildman–Crippen MR) is 55.8 cm³/mol. The Hall–Kier alpha value is -0.870. The number of hydrogen-bond acceptors (Lipinski definition) is 3. The summed E-state index contributed by atoms with van der Waals surface area (Å²) in [5.74, 6) is 0.480. The minimum atomic E-state index is -2.84. The van der Waals surface area contributed by atoms with Crippen molar-refractivity contribution >= 4 is 9.84 Å². The molecule has 3 nitrogen and oxygen atoms in total. The summed E-state index contributed by atoms with van der Waals surface area (Å²) >= 11 is 0. The molecule has 0 aliphatic carbocycles. The third-order valence-electron chi connectivity index (χ3n) is 2.43. The highest BCUT2D eigenvalue weighted by Crippen LogP contribution is 2.17. The molecular weight excluding hydrogens is 198 g/mol. The van der Waals surface area contributed by atoms with E-state index in [4.69, 9.17) is 0 Å². The third-order valence-corrected chi connectivity index (χ3v) is 4.09. The highest BCUT2D eigenvalue weighted by atomic mass is 32.2. The maximum atomic E-state index is 11.4. The van der Waals surface area contributed by atoms with Gasteiger partial charge in [-0.2, -0.15) is 0 Å². The van der Waals surface area contributed by atoms with E-state index in [0.717, 1.165) is 5.56 Å². The van der Waals surface area contributed by atoms with Crippen LogP contribution in [0.4, 0.5) is 0 Å². The van der Waals surface area contributed by atoms with Crippen molar-refractivity contribution < 1.29 is 8.42 Å². The van der Waals surface area contributed by atoms with Gasteiger partial charge in [0.1, 0.15) is 0 Å². The Bertz CT molecular complexity index is 399. The smallest absolute Gasteiger partial charge is 0.153 e. The molecule has 1 aliphatic heterocycles. The van der Waals surface area contributed by atoms with Gasteiger partial charge in [0.25, 0.3) is 0 Å². The van der Waals surface area contributed by atoms with E-state index >= 15 is 0 Å². The van der Waals surface area contributed by atoms with Crippen LogP contribution in [0, 0.1) is 0 Å². The molecule has 0 amide bonds. The lowest BCUT2D eigenvalue weighted by Gasteiger charge is -2.23. The summed E-state index contributed by atoms with van der Waals surface area (Å²) in [4.78, 5) is 0. The van der Waals surface area contributed by atoms with Crippen LogP contribution in [0.25, 0.3) is 0 Å². The standard InChI is InChI=1S/C10H13NO2S/c12-14(13)7-6-11-10(8-14)9-4-2-1-3-5-9/h1-5,10-11H,6-8H2. The predicted octanol–water partition coefficient (Wildman–Crippen LogP) is 0.746. The van der Waals surface area contributed by atoms with Crippen LogP contribution < -0.4 is 5.32 Å². The maximum Gasteiger partial charge on any atom is 0.153 e. The normalized spacial score (nSPS) is 25.9. The quantitative estimate of drug-likeness (QED) is 0.745. The minimum Gasteiger partial charge on any atom is -0.308 e. The first kappa shape index (κ1) is 9.68. The molecule has 1 aromatic rings. The average molecular weight is 211 g/mol. The second-order valence-electron chi connectivity index (χ2n) is 3.53. The molecule has 1 unspecified atom stereocenters. The van der Waals surface area contributed by atoms with E-state index in [0.29, 0.717) is 6.54 Å². The van der Waals surface area contributed by atoms with E-state index < -0.39 is 9.84 Å². The lowest BCUT2D eigenvalue weighted by Crippen LogP contribution is -2.39. The molecule has 1 fully saturated rings. The van der Waals surface area contributed by atoms with Crippen molar-refractivity contribution in [1.82, 2.24) is 5.32 Å². The van der Waals surface area contributed by atoms with Crippen LogP contribution in [0.15, 0.2) is 30.3 Å². The first-order chi connectivity index (χ1) is 6.67. The number of rotatable bonds is 1. The molecule has 1 atom stereocenters. The molecule has 0 bridgehead atoms. The highest BCUT2D eigenvalue weighted by molar-refractivity contribution is 7.91. The number of sulfone groups is 1. The fourth-order valence-corrected chi connectivity index (χ4v) is 3.10. The molecule has 0 radical (unpaired) electrons. The van der Waals surface area contributed by atoms with Crippen molar-refractivity contribution in [2.24, 2.45) is 0 Å². The Kier molecular flexibility index (Phi) is 2.56. The van der Waals surface area contributed by atoms with Gasteiger partial charge in [0.05, 0.1) is 11.5 Å². The van der Waals surface area contributed by atoms with Gasteiger partial charge in [-0.25, -0.2) is 8.42 Å². The first-order valence-corrected chi connectivity index (χ1v) is 6.48. The van der Waals surface area contributed by atoms with Gasteiger partial charge >= 0.3 is 0 Å². The molecule has 1 heterocycles. The zero-order valence-corrected chi connectivity index (χ0v) is 8.63. The van der Waals surface area contributed by atoms with E-state index in [1.165, 1.54) is 0 Å². The molecule has 1 aromatic carbocycles. The van der Waals surface area contributed by atoms with Crippen LogP contribution >= 0.6 is 0 Å². The molecule has 1 saturated heterocycles. The number of benzene rings is 1. The van der Waals surface area contributed by atoms with Crippen LogP contribution in [-0.4, -0.2) is 26.5 Å². The molecule has 1 aliphatic rings. The van der Waals surface area contributed by atoms with Gasteiger partial charge in [0.2, 0.25) is 0 Å². The summed E-state index contributed by atoms with van der Waals surface area (Å²) in [5.41, 5.74) is 1.05. The summed E-state index contributed by atoms with van der Waals surface area (Å²) in [6.45, 7) is 0.557.